The number of para-hydroxylation sites is 2. The van der Waals surface area contributed by atoms with Crippen LogP contribution in [0.5, 0.6) is 11.5 Å². The van der Waals surface area contributed by atoms with Crippen LogP contribution >= 0.6 is 22.6 Å². The quantitative estimate of drug-likeness (QED) is 0.326. The molecule has 2 aromatic carbocycles. The molecule has 0 spiro atoms. The van der Waals surface area contributed by atoms with Crippen molar-refractivity contribution in [2.75, 3.05) is 6.61 Å². The number of hydrogen-bond acceptors (Lipinski definition) is 5. The zero-order valence-electron chi connectivity index (χ0n) is 15.4. The molecule has 0 atom stereocenters. The van der Waals surface area contributed by atoms with Crippen molar-refractivity contribution in [3.05, 3.63) is 57.7 Å². The van der Waals surface area contributed by atoms with E-state index in [-0.39, 0.29) is 11.5 Å². The molecule has 0 unspecified atom stereocenters. The molecule has 7 heteroatoms. The van der Waals surface area contributed by atoms with Gasteiger partial charge in [0.25, 0.3) is 10.4 Å². The van der Waals surface area contributed by atoms with Crippen molar-refractivity contribution >= 4 is 33.0 Å². The predicted octanol–water partition coefficient (Wildman–Crippen LogP) is 4.90. The van der Waals surface area contributed by atoms with Gasteiger partial charge < -0.3 is 13.5 Å². The Morgan fingerprint density at radius 1 is 1.00 bits per heavy atom. The lowest BCUT2D eigenvalue weighted by atomic mass is 9.82. The molecule has 0 amide bonds. The Morgan fingerprint density at radius 3 is 2.00 bits per heavy atom. The van der Waals surface area contributed by atoms with Gasteiger partial charge in [0.05, 0.1) is 6.61 Å². The van der Waals surface area contributed by atoms with E-state index in [0.29, 0.717) is 12.0 Å². The molecule has 0 fully saturated rings. The second-order valence-electron chi connectivity index (χ2n) is 6.12. The van der Waals surface area contributed by atoms with Crippen LogP contribution in [0.4, 0.5) is 0 Å². The number of ether oxygens (including phenoxy) is 1. The SMILES string of the molecule is CCC(C)(C)c1ccc(I)cc1.CCOc1ccccc1OS(=O)(=O)[O-]. The number of rotatable bonds is 6. The van der Waals surface area contributed by atoms with Gasteiger partial charge >= 0.3 is 0 Å². The van der Waals surface area contributed by atoms with Crippen molar-refractivity contribution in [2.24, 2.45) is 0 Å². The molecule has 0 N–H and O–H groups in total. The summed E-state index contributed by atoms with van der Waals surface area (Å²) in [6.45, 7) is 8.91. The van der Waals surface area contributed by atoms with Gasteiger partial charge in [-0.05, 0) is 71.2 Å². The zero-order chi connectivity index (χ0) is 19.8. The molecule has 0 aliphatic rings. The topological polar surface area (TPSA) is 75.7 Å². The highest BCUT2D eigenvalue weighted by atomic mass is 127. The fourth-order valence-electron chi connectivity index (χ4n) is 2.01. The molecule has 0 radical (unpaired) electrons. The first-order chi connectivity index (χ1) is 12.1. The fraction of sp³-hybridized carbons (Fsp3) is 0.368. The monoisotopic (exact) mass is 491 g/mol. The molecule has 26 heavy (non-hydrogen) atoms. The lowest BCUT2D eigenvalue weighted by Gasteiger charge is -2.23. The Morgan fingerprint density at radius 2 is 1.54 bits per heavy atom. The minimum absolute atomic E-state index is 0.0932. The summed E-state index contributed by atoms with van der Waals surface area (Å²) in [7, 11) is -4.75. The number of benzene rings is 2. The summed E-state index contributed by atoms with van der Waals surface area (Å²) >= 11 is 2.34. The standard InChI is InChI=1S/C11H15I.C8H10O5S/c1-4-11(2,3)9-5-7-10(12)8-6-9;1-2-12-7-5-3-4-6-8(7)13-14(9,10)11/h5-8H,4H2,1-3H3;3-6H,2H2,1H3,(H,9,10,11)/p-1. The average Bonchev–Trinajstić information content (AvgIpc) is 2.57. The van der Waals surface area contributed by atoms with E-state index < -0.39 is 10.4 Å². The molecule has 0 saturated carbocycles. The molecule has 0 bridgehead atoms. The molecule has 0 aromatic heterocycles. The maximum absolute atomic E-state index is 10.3. The second kappa shape index (κ2) is 10.1. The first kappa shape index (κ1) is 22.7. The fourth-order valence-corrected chi connectivity index (χ4v) is 2.73. The molecule has 0 heterocycles. The van der Waals surface area contributed by atoms with Gasteiger partial charge in [-0.2, -0.15) is 0 Å². The van der Waals surface area contributed by atoms with Crippen LogP contribution in [0.3, 0.4) is 0 Å². The van der Waals surface area contributed by atoms with E-state index in [2.05, 4.69) is 71.8 Å². The highest BCUT2D eigenvalue weighted by Gasteiger charge is 2.16. The predicted molar refractivity (Wildman–Crippen MR) is 110 cm³/mol. The van der Waals surface area contributed by atoms with E-state index in [4.69, 9.17) is 4.74 Å². The van der Waals surface area contributed by atoms with Gasteiger partial charge in [0, 0.05) is 3.57 Å². The molecule has 0 aliphatic heterocycles. The van der Waals surface area contributed by atoms with Gasteiger partial charge in [-0.3, -0.25) is 0 Å². The van der Waals surface area contributed by atoms with Crippen molar-refractivity contribution < 1.29 is 21.9 Å². The van der Waals surface area contributed by atoms with Gasteiger partial charge in [0.15, 0.2) is 11.5 Å². The van der Waals surface area contributed by atoms with E-state index in [1.54, 1.807) is 19.1 Å². The zero-order valence-corrected chi connectivity index (χ0v) is 18.3. The van der Waals surface area contributed by atoms with E-state index in [9.17, 15) is 13.0 Å². The highest BCUT2D eigenvalue weighted by molar-refractivity contribution is 14.1. The molecule has 2 aromatic rings. The van der Waals surface area contributed by atoms with Gasteiger partial charge in [-0.1, -0.05) is 45.0 Å². The molecule has 0 saturated heterocycles. The summed E-state index contributed by atoms with van der Waals surface area (Å²) in [5.41, 5.74) is 1.76. The Bertz CT molecular complexity index is 786. The van der Waals surface area contributed by atoms with Crippen LogP contribution in [-0.2, 0) is 15.8 Å². The van der Waals surface area contributed by atoms with Crippen LogP contribution < -0.4 is 8.92 Å². The summed E-state index contributed by atoms with van der Waals surface area (Å²) in [4.78, 5) is 0. The first-order valence-electron chi connectivity index (χ1n) is 8.22. The molecule has 5 nitrogen and oxygen atoms in total. The van der Waals surface area contributed by atoms with E-state index in [1.165, 1.54) is 27.7 Å². The van der Waals surface area contributed by atoms with Crippen LogP contribution in [0.15, 0.2) is 48.5 Å². The molecule has 0 aliphatic carbocycles. The van der Waals surface area contributed by atoms with Gasteiger partial charge in [0.1, 0.15) is 0 Å². The minimum atomic E-state index is -4.75. The Labute approximate surface area is 169 Å². The van der Waals surface area contributed by atoms with Crippen molar-refractivity contribution in [2.45, 2.75) is 39.5 Å². The summed E-state index contributed by atoms with van der Waals surface area (Å²) in [5.74, 6) is 0.138. The van der Waals surface area contributed by atoms with Crippen LogP contribution in [0.2, 0.25) is 0 Å². The molecular weight excluding hydrogens is 467 g/mol. The third-order valence-corrected chi connectivity index (χ3v) is 4.95. The number of halogens is 1. The first-order valence-corrected chi connectivity index (χ1v) is 10.6. The second-order valence-corrected chi connectivity index (χ2v) is 8.34. The lowest BCUT2D eigenvalue weighted by Crippen LogP contribution is -2.14. The summed E-state index contributed by atoms with van der Waals surface area (Å²) in [5, 5.41) is 0. The summed E-state index contributed by atoms with van der Waals surface area (Å²) in [6, 6.07) is 14.9. The van der Waals surface area contributed by atoms with Gasteiger partial charge in [-0.25, -0.2) is 8.42 Å². The van der Waals surface area contributed by atoms with E-state index in [0.717, 1.165) is 0 Å². The normalized spacial score (nSPS) is 11.3. The van der Waals surface area contributed by atoms with E-state index >= 15 is 0 Å². The van der Waals surface area contributed by atoms with Gasteiger partial charge in [-0.15, -0.1) is 0 Å². The number of hydrogen-bond donors (Lipinski definition) is 0. The maximum Gasteiger partial charge on any atom is 0.262 e. The van der Waals surface area contributed by atoms with Crippen LogP contribution in [0.25, 0.3) is 0 Å². The maximum atomic E-state index is 10.3. The van der Waals surface area contributed by atoms with Crippen LogP contribution in [0.1, 0.15) is 39.7 Å². The molecular formula is C19H24IO5S-. The van der Waals surface area contributed by atoms with E-state index in [1.807, 2.05) is 0 Å². The molecule has 144 valence electrons. The van der Waals surface area contributed by atoms with Crippen molar-refractivity contribution in [3.8, 4) is 11.5 Å². The van der Waals surface area contributed by atoms with Crippen molar-refractivity contribution in [1.29, 1.82) is 0 Å². The van der Waals surface area contributed by atoms with Gasteiger partial charge in [0.2, 0.25) is 0 Å². The minimum Gasteiger partial charge on any atom is -0.716 e. The largest absolute Gasteiger partial charge is 0.716 e. The summed E-state index contributed by atoms with van der Waals surface area (Å²) in [6.07, 6.45) is 1.19. The Hall–Kier alpha value is -1.32. The van der Waals surface area contributed by atoms with Crippen molar-refractivity contribution in [1.82, 2.24) is 0 Å². The van der Waals surface area contributed by atoms with Crippen LogP contribution in [0, 0.1) is 3.57 Å². The lowest BCUT2D eigenvalue weighted by molar-refractivity contribution is 0.317. The Kier molecular flexibility index (Phi) is 8.85. The Balaban J connectivity index is 0.000000263. The smallest absolute Gasteiger partial charge is 0.262 e. The third kappa shape index (κ3) is 7.92. The highest BCUT2D eigenvalue weighted by Crippen LogP contribution is 2.27. The third-order valence-electron chi connectivity index (χ3n) is 3.85. The molecule has 2 rings (SSSR count). The average molecular weight is 491 g/mol. The van der Waals surface area contributed by atoms with Crippen molar-refractivity contribution in [3.63, 3.8) is 0 Å². The van der Waals surface area contributed by atoms with Crippen LogP contribution in [-0.4, -0.2) is 19.6 Å². The summed E-state index contributed by atoms with van der Waals surface area (Å²) < 4.78 is 41.5.